The number of para-hydroxylation sites is 2. The molecule has 0 atom stereocenters. The van der Waals surface area contributed by atoms with E-state index in [9.17, 15) is 9.59 Å². The summed E-state index contributed by atoms with van der Waals surface area (Å²) in [4.78, 5) is 28.4. The molecule has 4 aromatic rings. The van der Waals surface area contributed by atoms with E-state index < -0.39 is 12.0 Å². The van der Waals surface area contributed by atoms with Gasteiger partial charge in [0.2, 0.25) is 0 Å². The molecule has 0 saturated carbocycles. The van der Waals surface area contributed by atoms with Gasteiger partial charge in [0.05, 0.1) is 0 Å². The molecule has 5 heteroatoms. The zero-order chi connectivity index (χ0) is 24.0. The quantitative estimate of drug-likeness (QED) is 0.287. The Balaban J connectivity index is 1.35. The highest BCUT2D eigenvalue weighted by molar-refractivity contribution is 6.09. The van der Waals surface area contributed by atoms with Crippen molar-refractivity contribution in [3.63, 3.8) is 0 Å². The SMILES string of the molecule is O=C1O/C(=C\c2ccc(N(c3ccccc3)c3ccccc3)cc2)C(=O)N1CCc1ccccc1. The third-order valence-electron chi connectivity index (χ3n) is 5.82. The molecule has 5 nitrogen and oxygen atoms in total. The summed E-state index contributed by atoms with van der Waals surface area (Å²) in [5, 5.41) is 0. The number of carbonyl (C=O) groups excluding carboxylic acids is 2. The van der Waals surface area contributed by atoms with Crippen LogP contribution in [0, 0.1) is 0 Å². The Bertz CT molecular complexity index is 1300. The van der Waals surface area contributed by atoms with Gasteiger partial charge in [-0.05, 0) is 60.0 Å². The van der Waals surface area contributed by atoms with Crippen LogP contribution in [0.25, 0.3) is 6.08 Å². The molecule has 172 valence electrons. The minimum absolute atomic E-state index is 0.0405. The molecule has 1 aliphatic heterocycles. The molecule has 2 amide bonds. The molecule has 4 aromatic carbocycles. The van der Waals surface area contributed by atoms with Crippen LogP contribution >= 0.6 is 0 Å². The van der Waals surface area contributed by atoms with Gasteiger partial charge in [-0.15, -0.1) is 0 Å². The first-order valence-corrected chi connectivity index (χ1v) is 11.5. The first kappa shape index (κ1) is 22.2. The van der Waals surface area contributed by atoms with Gasteiger partial charge in [0, 0.05) is 23.6 Å². The van der Waals surface area contributed by atoms with Crippen molar-refractivity contribution < 1.29 is 14.3 Å². The third kappa shape index (κ3) is 4.99. The van der Waals surface area contributed by atoms with E-state index >= 15 is 0 Å². The second kappa shape index (κ2) is 10.1. The highest BCUT2D eigenvalue weighted by atomic mass is 16.6. The zero-order valence-electron chi connectivity index (χ0n) is 19.1. The Morgan fingerprint density at radius 3 is 1.74 bits per heavy atom. The number of nitrogens with zero attached hydrogens (tertiary/aromatic N) is 2. The Morgan fingerprint density at radius 2 is 1.17 bits per heavy atom. The smallest absolute Gasteiger partial charge is 0.404 e. The highest BCUT2D eigenvalue weighted by Gasteiger charge is 2.36. The van der Waals surface area contributed by atoms with Crippen LogP contribution in [0.4, 0.5) is 21.9 Å². The average Bonchev–Trinajstić information content (AvgIpc) is 3.17. The van der Waals surface area contributed by atoms with E-state index in [1.165, 1.54) is 0 Å². The molecular formula is C30H24N2O3. The van der Waals surface area contributed by atoms with Crippen LogP contribution in [0.15, 0.2) is 121 Å². The number of hydrogen-bond donors (Lipinski definition) is 0. The first-order valence-electron chi connectivity index (χ1n) is 11.5. The molecule has 0 radical (unpaired) electrons. The number of amides is 2. The number of imide groups is 1. The van der Waals surface area contributed by atoms with Crippen molar-refractivity contribution in [3.8, 4) is 0 Å². The summed E-state index contributed by atoms with van der Waals surface area (Å²) in [5.41, 5.74) is 4.89. The second-order valence-electron chi connectivity index (χ2n) is 8.17. The largest absolute Gasteiger partial charge is 0.422 e. The van der Waals surface area contributed by atoms with Crippen LogP contribution in [-0.4, -0.2) is 23.4 Å². The molecule has 1 heterocycles. The summed E-state index contributed by atoms with van der Waals surface area (Å²) in [5.74, 6) is -0.371. The van der Waals surface area contributed by atoms with Crippen molar-refractivity contribution in [2.45, 2.75) is 6.42 Å². The maximum atomic E-state index is 12.8. The number of ether oxygens (including phenoxy) is 1. The summed E-state index contributed by atoms with van der Waals surface area (Å²) in [7, 11) is 0. The van der Waals surface area contributed by atoms with Gasteiger partial charge in [0.1, 0.15) is 0 Å². The highest BCUT2D eigenvalue weighted by Crippen LogP contribution is 2.34. The second-order valence-corrected chi connectivity index (χ2v) is 8.17. The van der Waals surface area contributed by atoms with Gasteiger partial charge in [0.25, 0.3) is 5.91 Å². The summed E-state index contributed by atoms with van der Waals surface area (Å²) in [6, 6.07) is 37.8. The fourth-order valence-corrected chi connectivity index (χ4v) is 4.05. The summed E-state index contributed by atoms with van der Waals surface area (Å²) in [6.07, 6.45) is 1.56. The lowest BCUT2D eigenvalue weighted by Gasteiger charge is -2.25. The van der Waals surface area contributed by atoms with Crippen molar-refractivity contribution in [1.29, 1.82) is 0 Å². The number of anilines is 3. The summed E-state index contributed by atoms with van der Waals surface area (Å²) in [6.45, 7) is 0.279. The van der Waals surface area contributed by atoms with Crippen molar-refractivity contribution in [1.82, 2.24) is 4.90 Å². The van der Waals surface area contributed by atoms with Gasteiger partial charge in [0.15, 0.2) is 5.76 Å². The number of cyclic esters (lactones) is 1. The van der Waals surface area contributed by atoms with E-state index in [-0.39, 0.29) is 12.3 Å². The molecule has 0 aromatic heterocycles. The van der Waals surface area contributed by atoms with Gasteiger partial charge in [-0.1, -0.05) is 78.9 Å². The fourth-order valence-electron chi connectivity index (χ4n) is 4.05. The predicted octanol–water partition coefficient (Wildman–Crippen LogP) is 6.72. The fraction of sp³-hybridized carbons (Fsp3) is 0.0667. The molecular weight excluding hydrogens is 436 g/mol. The summed E-state index contributed by atoms with van der Waals surface area (Å²) < 4.78 is 5.28. The lowest BCUT2D eigenvalue weighted by Crippen LogP contribution is -2.30. The van der Waals surface area contributed by atoms with Gasteiger partial charge >= 0.3 is 6.09 Å². The van der Waals surface area contributed by atoms with Crippen LogP contribution in [-0.2, 0) is 16.0 Å². The maximum absolute atomic E-state index is 12.8. The monoisotopic (exact) mass is 460 g/mol. The van der Waals surface area contributed by atoms with Gasteiger partial charge in [-0.2, -0.15) is 0 Å². The van der Waals surface area contributed by atoms with Crippen LogP contribution in [0.5, 0.6) is 0 Å². The first-order chi connectivity index (χ1) is 17.2. The predicted molar refractivity (Wildman–Crippen MR) is 137 cm³/mol. The third-order valence-corrected chi connectivity index (χ3v) is 5.82. The van der Waals surface area contributed by atoms with Crippen LogP contribution in [0.1, 0.15) is 11.1 Å². The Morgan fingerprint density at radius 1 is 0.657 bits per heavy atom. The van der Waals surface area contributed by atoms with Crippen LogP contribution in [0.2, 0.25) is 0 Å². The molecule has 0 spiro atoms. The summed E-state index contributed by atoms with van der Waals surface area (Å²) >= 11 is 0. The topological polar surface area (TPSA) is 49.9 Å². The molecule has 0 N–H and O–H groups in total. The average molecular weight is 461 g/mol. The number of rotatable bonds is 7. The van der Waals surface area contributed by atoms with Crippen molar-refractivity contribution in [2.24, 2.45) is 0 Å². The van der Waals surface area contributed by atoms with E-state index in [4.69, 9.17) is 4.74 Å². The van der Waals surface area contributed by atoms with Crippen molar-refractivity contribution in [3.05, 3.63) is 132 Å². The van der Waals surface area contributed by atoms with Gasteiger partial charge < -0.3 is 9.64 Å². The van der Waals surface area contributed by atoms with E-state index in [0.717, 1.165) is 33.1 Å². The molecule has 1 aliphatic rings. The number of benzene rings is 4. The lowest BCUT2D eigenvalue weighted by molar-refractivity contribution is -0.123. The van der Waals surface area contributed by atoms with Crippen molar-refractivity contribution >= 4 is 35.1 Å². The molecule has 1 fully saturated rings. The Hall–Kier alpha value is -4.64. The molecule has 35 heavy (non-hydrogen) atoms. The van der Waals surface area contributed by atoms with E-state index in [2.05, 4.69) is 29.2 Å². The zero-order valence-corrected chi connectivity index (χ0v) is 19.1. The Labute approximate surface area is 204 Å². The number of carbonyl (C=O) groups is 2. The lowest BCUT2D eigenvalue weighted by atomic mass is 10.1. The van der Waals surface area contributed by atoms with Crippen molar-refractivity contribution in [2.75, 3.05) is 11.4 Å². The van der Waals surface area contributed by atoms with E-state index in [1.807, 2.05) is 91.0 Å². The minimum Gasteiger partial charge on any atom is -0.404 e. The minimum atomic E-state index is -0.631. The standard InChI is InChI=1S/C30H24N2O3/c33-29-28(35-30(34)31(29)21-20-23-10-4-1-5-11-23)22-24-16-18-27(19-17-24)32(25-12-6-2-7-13-25)26-14-8-3-9-15-26/h1-19,22H,20-21H2/b28-22-. The molecule has 0 unspecified atom stereocenters. The molecule has 1 saturated heterocycles. The Kier molecular flexibility index (Phi) is 6.39. The molecule has 5 rings (SSSR count). The number of hydrogen-bond acceptors (Lipinski definition) is 4. The van der Waals surface area contributed by atoms with Gasteiger partial charge in [-0.3, -0.25) is 4.79 Å². The van der Waals surface area contributed by atoms with E-state index in [1.54, 1.807) is 6.08 Å². The molecule has 0 bridgehead atoms. The maximum Gasteiger partial charge on any atom is 0.422 e. The molecule has 0 aliphatic carbocycles. The van der Waals surface area contributed by atoms with Crippen LogP contribution < -0.4 is 4.90 Å². The normalized spacial score (nSPS) is 14.3. The van der Waals surface area contributed by atoms with Crippen LogP contribution in [0.3, 0.4) is 0 Å². The van der Waals surface area contributed by atoms with E-state index in [0.29, 0.717) is 6.42 Å². The van der Waals surface area contributed by atoms with Gasteiger partial charge in [-0.25, -0.2) is 9.69 Å².